The Hall–Kier alpha value is -1.83. The molecule has 0 aliphatic rings. The predicted octanol–water partition coefficient (Wildman–Crippen LogP) is 3.37. The van der Waals surface area contributed by atoms with E-state index in [0.717, 1.165) is 5.56 Å². The maximum absolute atomic E-state index is 11.2. The average Bonchev–Trinajstić information content (AvgIpc) is 2.38. The Balaban J connectivity index is 0.00000121. The van der Waals surface area contributed by atoms with E-state index in [-0.39, 0.29) is 5.91 Å². The molecule has 1 amide bonds. The van der Waals surface area contributed by atoms with E-state index in [0.29, 0.717) is 0 Å². The van der Waals surface area contributed by atoms with E-state index < -0.39 is 0 Å². The van der Waals surface area contributed by atoms with Gasteiger partial charge in [0.15, 0.2) is 0 Å². The molecule has 0 heterocycles. The van der Waals surface area contributed by atoms with Crippen molar-refractivity contribution < 1.29 is 4.79 Å². The molecule has 0 saturated heterocycles. The summed E-state index contributed by atoms with van der Waals surface area (Å²) in [4.78, 5) is 12.7. The molecule has 2 heteroatoms. The number of allylic oxidation sites excluding steroid dienone is 2. The topological polar surface area (TPSA) is 20.3 Å². The summed E-state index contributed by atoms with van der Waals surface area (Å²) in [6.07, 6.45) is 7.10. The fourth-order valence-electron chi connectivity index (χ4n) is 1.02. The Bertz CT molecular complexity index is 364. The number of rotatable bonds is 3. The second-order valence-corrected chi connectivity index (χ2v) is 3.36. The van der Waals surface area contributed by atoms with Crippen LogP contribution in [0.3, 0.4) is 0 Å². The molecule has 0 N–H and O–H groups in total. The second-order valence-electron chi connectivity index (χ2n) is 3.36. The van der Waals surface area contributed by atoms with Gasteiger partial charge in [0.05, 0.1) is 0 Å². The first-order valence-electron chi connectivity index (χ1n) is 5.81. The summed E-state index contributed by atoms with van der Waals surface area (Å²) >= 11 is 0. The quantitative estimate of drug-likeness (QED) is 0.577. The molecule has 0 aliphatic heterocycles. The summed E-state index contributed by atoms with van der Waals surface area (Å²) in [7, 11) is 3.46. The molecule has 0 aromatic heterocycles. The first-order chi connectivity index (χ1) is 8.20. The van der Waals surface area contributed by atoms with Gasteiger partial charge in [-0.1, -0.05) is 62.4 Å². The molecule has 0 saturated carbocycles. The molecule has 0 aliphatic carbocycles. The second kappa shape index (κ2) is 9.40. The van der Waals surface area contributed by atoms with Crippen molar-refractivity contribution in [2.75, 3.05) is 14.1 Å². The molecule has 0 spiro atoms. The van der Waals surface area contributed by atoms with Crippen molar-refractivity contribution in [3.8, 4) is 0 Å². The normalized spacial score (nSPS) is 10.1. The zero-order chi connectivity index (χ0) is 13.1. The van der Waals surface area contributed by atoms with Crippen LogP contribution in [0, 0.1) is 0 Å². The van der Waals surface area contributed by atoms with Crippen molar-refractivity contribution in [1.29, 1.82) is 0 Å². The molecular formula is C15H21NO. The van der Waals surface area contributed by atoms with Crippen LogP contribution in [0.2, 0.25) is 0 Å². The van der Waals surface area contributed by atoms with Crippen LogP contribution >= 0.6 is 0 Å². The molecule has 1 aromatic rings. The number of hydrogen-bond donors (Lipinski definition) is 0. The molecule has 0 unspecified atom stereocenters. The van der Waals surface area contributed by atoms with Gasteiger partial charge in [0.1, 0.15) is 0 Å². The summed E-state index contributed by atoms with van der Waals surface area (Å²) < 4.78 is 0. The van der Waals surface area contributed by atoms with E-state index >= 15 is 0 Å². The maximum Gasteiger partial charge on any atom is 0.246 e. The van der Waals surface area contributed by atoms with Gasteiger partial charge in [-0.25, -0.2) is 0 Å². The lowest BCUT2D eigenvalue weighted by atomic mass is 10.2. The molecule has 92 valence electrons. The highest BCUT2D eigenvalue weighted by Gasteiger charge is 1.94. The molecule has 0 atom stereocenters. The summed E-state index contributed by atoms with van der Waals surface area (Å²) in [5, 5.41) is 0. The molecule has 2 nitrogen and oxygen atoms in total. The van der Waals surface area contributed by atoms with Crippen LogP contribution in [0.5, 0.6) is 0 Å². The highest BCUT2D eigenvalue weighted by Crippen LogP contribution is 2.00. The van der Waals surface area contributed by atoms with Gasteiger partial charge < -0.3 is 4.90 Å². The smallest absolute Gasteiger partial charge is 0.246 e. The lowest BCUT2D eigenvalue weighted by Crippen LogP contribution is -2.18. The standard InChI is InChI=1S/C13H15NO.C2H6/c1-14(2)13(15)11-7-6-10-12-8-4-3-5-9-12;1-2/h3-11H,1-2H3;1-2H3/b10-6+,11-7+;. The number of carbonyl (C=O) groups is 1. The summed E-state index contributed by atoms with van der Waals surface area (Å²) in [5.41, 5.74) is 1.12. The third-order valence-corrected chi connectivity index (χ3v) is 1.88. The van der Waals surface area contributed by atoms with Crippen LogP contribution < -0.4 is 0 Å². The zero-order valence-corrected chi connectivity index (χ0v) is 11.1. The summed E-state index contributed by atoms with van der Waals surface area (Å²) in [5.74, 6) is -0.00675. The molecule has 1 aromatic carbocycles. The minimum Gasteiger partial charge on any atom is -0.345 e. The van der Waals surface area contributed by atoms with Crippen molar-refractivity contribution in [3.05, 3.63) is 54.1 Å². The highest BCUT2D eigenvalue weighted by atomic mass is 16.2. The molecule has 1 rings (SSSR count). The fraction of sp³-hybridized carbons (Fsp3) is 0.267. The van der Waals surface area contributed by atoms with Crippen molar-refractivity contribution in [1.82, 2.24) is 4.90 Å². The number of amides is 1. The van der Waals surface area contributed by atoms with Gasteiger partial charge in [0.2, 0.25) is 5.91 Å². The average molecular weight is 231 g/mol. The van der Waals surface area contributed by atoms with E-state index in [1.807, 2.05) is 56.3 Å². The molecule has 0 radical (unpaired) electrons. The van der Waals surface area contributed by atoms with E-state index in [9.17, 15) is 4.79 Å². The largest absolute Gasteiger partial charge is 0.345 e. The van der Waals surface area contributed by atoms with Crippen molar-refractivity contribution in [3.63, 3.8) is 0 Å². The lowest BCUT2D eigenvalue weighted by Gasteiger charge is -2.04. The summed E-state index contributed by atoms with van der Waals surface area (Å²) in [6, 6.07) is 9.96. The van der Waals surface area contributed by atoms with Gasteiger partial charge >= 0.3 is 0 Å². The third-order valence-electron chi connectivity index (χ3n) is 1.88. The molecular weight excluding hydrogens is 210 g/mol. The Morgan fingerprint density at radius 1 is 1.06 bits per heavy atom. The van der Waals surface area contributed by atoms with Crippen LogP contribution in [-0.2, 0) is 4.79 Å². The number of carbonyl (C=O) groups excluding carboxylic acids is 1. The minimum atomic E-state index is -0.00675. The molecule has 0 bridgehead atoms. The monoisotopic (exact) mass is 231 g/mol. The number of benzene rings is 1. The van der Waals surface area contributed by atoms with E-state index in [1.54, 1.807) is 26.2 Å². The number of nitrogens with zero attached hydrogens (tertiary/aromatic N) is 1. The van der Waals surface area contributed by atoms with Gasteiger partial charge in [-0.3, -0.25) is 4.79 Å². The van der Waals surface area contributed by atoms with Gasteiger partial charge in [0.25, 0.3) is 0 Å². The van der Waals surface area contributed by atoms with Crippen LogP contribution in [0.25, 0.3) is 6.08 Å². The van der Waals surface area contributed by atoms with Crippen LogP contribution in [0.4, 0.5) is 0 Å². The zero-order valence-electron chi connectivity index (χ0n) is 11.1. The minimum absolute atomic E-state index is 0.00675. The van der Waals surface area contributed by atoms with E-state index in [4.69, 9.17) is 0 Å². The highest BCUT2D eigenvalue weighted by molar-refractivity contribution is 5.87. The first kappa shape index (κ1) is 15.2. The Morgan fingerprint density at radius 3 is 2.18 bits per heavy atom. The summed E-state index contributed by atoms with van der Waals surface area (Å²) in [6.45, 7) is 4.00. The molecule has 17 heavy (non-hydrogen) atoms. The van der Waals surface area contributed by atoms with Gasteiger partial charge in [-0.15, -0.1) is 0 Å². The van der Waals surface area contributed by atoms with Crippen molar-refractivity contribution in [2.24, 2.45) is 0 Å². The van der Waals surface area contributed by atoms with Gasteiger partial charge in [-0.05, 0) is 5.56 Å². The van der Waals surface area contributed by atoms with Gasteiger partial charge in [-0.2, -0.15) is 0 Å². The van der Waals surface area contributed by atoms with Crippen LogP contribution in [0.1, 0.15) is 19.4 Å². The Morgan fingerprint density at radius 2 is 1.65 bits per heavy atom. The Kier molecular flexibility index (Phi) is 8.39. The van der Waals surface area contributed by atoms with E-state index in [2.05, 4.69) is 0 Å². The lowest BCUT2D eigenvalue weighted by molar-refractivity contribution is -0.123. The van der Waals surface area contributed by atoms with E-state index in [1.165, 1.54) is 4.90 Å². The van der Waals surface area contributed by atoms with Crippen LogP contribution in [-0.4, -0.2) is 24.9 Å². The number of hydrogen-bond acceptors (Lipinski definition) is 1. The number of likely N-dealkylation sites (N-methyl/N-ethyl adjacent to an activating group) is 1. The Labute approximate surface area is 104 Å². The SMILES string of the molecule is CC.CN(C)C(=O)/C=C/C=C/c1ccccc1. The van der Waals surface area contributed by atoms with Crippen LogP contribution in [0.15, 0.2) is 48.6 Å². The van der Waals surface area contributed by atoms with Crippen molar-refractivity contribution in [2.45, 2.75) is 13.8 Å². The first-order valence-corrected chi connectivity index (χ1v) is 5.81. The van der Waals surface area contributed by atoms with Crippen molar-refractivity contribution >= 4 is 12.0 Å². The maximum atomic E-state index is 11.2. The third kappa shape index (κ3) is 7.12. The fourth-order valence-corrected chi connectivity index (χ4v) is 1.02. The predicted molar refractivity (Wildman–Crippen MR) is 74.7 cm³/mol. The van der Waals surface area contributed by atoms with Gasteiger partial charge in [0, 0.05) is 20.2 Å². The molecule has 0 fully saturated rings.